The first-order valence-corrected chi connectivity index (χ1v) is 6.16. The SMILES string of the molecule is C#CCCCCNC(=O)c1cc(OC)ccc1OC. The van der Waals surface area contributed by atoms with E-state index in [9.17, 15) is 4.79 Å². The molecule has 1 aromatic rings. The van der Waals surface area contributed by atoms with Gasteiger partial charge in [0.05, 0.1) is 19.8 Å². The van der Waals surface area contributed by atoms with Crippen molar-refractivity contribution in [3.05, 3.63) is 23.8 Å². The van der Waals surface area contributed by atoms with Gasteiger partial charge in [-0.1, -0.05) is 0 Å². The third-order valence-electron chi connectivity index (χ3n) is 2.68. The van der Waals surface area contributed by atoms with Crippen LogP contribution in [-0.4, -0.2) is 26.7 Å². The molecule has 0 bridgehead atoms. The summed E-state index contributed by atoms with van der Waals surface area (Å²) in [6.07, 6.45) is 7.67. The van der Waals surface area contributed by atoms with Gasteiger partial charge >= 0.3 is 0 Å². The fraction of sp³-hybridized carbons (Fsp3) is 0.400. The number of amides is 1. The molecule has 1 amide bonds. The van der Waals surface area contributed by atoms with Crippen molar-refractivity contribution in [3.63, 3.8) is 0 Å². The van der Waals surface area contributed by atoms with Crippen LogP contribution in [0.1, 0.15) is 29.6 Å². The summed E-state index contributed by atoms with van der Waals surface area (Å²) < 4.78 is 10.3. The molecule has 1 N–H and O–H groups in total. The molecule has 0 saturated carbocycles. The highest BCUT2D eigenvalue weighted by Crippen LogP contribution is 2.23. The predicted octanol–water partition coefficient (Wildman–Crippen LogP) is 2.24. The zero-order valence-corrected chi connectivity index (χ0v) is 11.4. The number of hydrogen-bond donors (Lipinski definition) is 1. The smallest absolute Gasteiger partial charge is 0.255 e. The molecule has 0 radical (unpaired) electrons. The Kier molecular flexibility index (Phi) is 6.31. The third kappa shape index (κ3) is 4.55. The molecule has 19 heavy (non-hydrogen) atoms. The van der Waals surface area contributed by atoms with Gasteiger partial charge in [-0.15, -0.1) is 12.3 Å². The third-order valence-corrected chi connectivity index (χ3v) is 2.68. The quantitative estimate of drug-likeness (QED) is 0.605. The van der Waals surface area contributed by atoms with Gasteiger partial charge in [0, 0.05) is 13.0 Å². The Morgan fingerprint density at radius 2 is 2.11 bits per heavy atom. The Labute approximate surface area is 114 Å². The van der Waals surface area contributed by atoms with Gasteiger partial charge in [0.15, 0.2) is 0 Å². The molecular weight excluding hydrogens is 242 g/mol. The molecule has 0 unspecified atom stereocenters. The molecule has 1 aromatic carbocycles. The molecule has 102 valence electrons. The van der Waals surface area contributed by atoms with Crippen molar-refractivity contribution < 1.29 is 14.3 Å². The number of hydrogen-bond acceptors (Lipinski definition) is 3. The molecule has 0 aliphatic carbocycles. The van der Waals surface area contributed by atoms with E-state index in [1.54, 1.807) is 25.3 Å². The van der Waals surface area contributed by atoms with E-state index in [1.807, 2.05) is 0 Å². The van der Waals surface area contributed by atoms with Crippen molar-refractivity contribution in [2.24, 2.45) is 0 Å². The minimum absolute atomic E-state index is 0.170. The summed E-state index contributed by atoms with van der Waals surface area (Å²) in [5.41, 5.74) is 0.471. The Hall–Kier alpha value is -2.15. The van der Waals surface area contributed by atoms with Crippen molar-refractivity contribution in [2.45, 2.75) is 19.3 Å². The molecule has 0 aliphatic rings. The summed E-state index contributed by atoms with van der Waals surface area (Å²) in [7, 11) is 3.09. The maximum Gasteiger partial charge on any atom is 0.255 e. The number of nitrogens with one attached hydrogen (secondary N) is 1. The topological polar surface area (TPSA) is 47.6 Å². The summed E-state index contributed by atoms with van der Waals surface area (Å²) >= 11 is 0. The van der Waals surface area contributed by atoms with Crippen molar-refractivity contribution in [2.75, 3.05) is 20.8 Å². The van der Waals surface area contributed by atoms with E-state index in [1.165, 1.54) is 7.11 Å². The Bertz CT molecular complexity index is 463. The second-order valence-electron chi connectivity index (χ2n) is 3.98. The van der Waals surface area contributed by atoms with Crippen LogP contribution >= 0.6 is 0 Å². The lowest BCUT2D eigenvalue weighted by Crippen LogP contribution is -2.24. The molecule has 4 heteroatoms. The summed E-state index contributed by atoms with van der Waals surface area (Å²) in [5.74, 6) is 3.55. The number of unbranched alkanes of at least 4 members (excludes halogenated alkanes) is 2. The molecule has 0 atom stereocenters. The first-order chi connectivity index (χ1) is 9.22. The van der Waals surface area contributed by atoms with E-state index >= 15 is 0 Å². The van der Waals surface area contributed by atoms with E-state index in [2.05, 4.69) is 11.2 Å². The first kappa shape index (κ1) is 14.9. The zero-order valence-electron chi connectivity index (χ0n) is 11.4. The second-order valence-corrected chi connectivity index (χ2v) is 3.98. The van der Waals surface area contributed by atoms with Gasteiger partial charge in [-0.2, -0.15) is 0 Å². The molecule has 1 rings (SSSR count). The fourth-order valence-electron chi connectivity index (χ4n) is 1.64. The average molecular weight is 261 g/mol. The summed E-state index contributed by atoms with van der Waals surface area (Å²) in [4.78, 5) is 12.0. The van der Waals surface area contributed by atoms with Gasteiger partial charge < -0.3 is 14.8 Å². The average Bonchev–Trinajstić information content (AvgIpc) is 2.46. The number of terminal acetylenes is 1. The lowest BCUT2D eigenvalue weighted by molar-refractivity contribution is 0.0949. The Morgan fingerprint density at radius 1 is 1.32 bits per heavy atom. The van der Waals surface area contributed by atoms with Gasteiger partial charge in [0.1, 0.15) is 11.5 Å². The second kappa shape index (κ2) is 8.04. The van der Waals surface area contributed by atoms with Crippen LogP contribution in [0.3, 0.4) is 0 Å². The molecule has 0 aliphatic heterocycles. The molecular formula is C15H19NO3. The molecule has 0 spiro atoms. The first-order valence-electron chi connectivity index (χ1n) is 6.16. The Morgan fingerprint density at radius 3 is 2.74 bits per heavy atom. The van der Waals surface area contributed by atoms with E-state index in [-0.39, 0.29) is 5.91 Å². The fourth-order valence-corrected chi connectivity index (χ4v) is 1.64. The molecule has 0 saturated heterocycles. The highest BCUT2D eigenvalue weighted by molar-refractivity contribution is 5.97. The monoisotopic (exact) mass is 261 g/mol. The molecule has 0 heterocycles. The van der Waals surface area contributed by atoms with Gasteiger partial charge in [-0.3, -0.25) is 4.79 Å². The van der Waals surface area contributed by atoms with Gasteiger partial charge in [0.2, 0.25) is 0 Å². The van der Waals surface area contributed by atoms with E-state index in [0.717, 1.165) is 19.3 Å². The number of benzene rings is 1. The molecule has 0 aromatic heterocycles. The van der Waals surface area contributed by atoms with Crippen molar-refractivity contribution >= 4 is 5.91 Å². The van der Waals surface area contributed by atoms with Gasteiger partial charge in [-0.25, -0.2) is 0 Å². The van der Waals surface area contributed by atoms with Crippen LogP contribution in [0.25, 0.3) is 0 Å². The standard InChI is InChI=1S/C15H19NO3/c1-4-5-6-7-10-16-15(17)13-11-12(18-2)8-9-14(13)19-3/h1,8-9,11H,5-7,10H2,2-3H3,(H,16,17). The molecule has 4 nitrogen and oxygen atoms in total. The Balaban J connectivity index is 2.62. The van der Waals surface area contributed by atoms with Gasteiger partial charge in [-0.05, 0) is 31.0 Å². The van der Waals surface area contributed by atoms with Crippen LogP contribution in [0.5, 0.6) is 11.5 Å². The van der Waals surface area contributed by atoms with E-state index in [4.69, 9.17) is 15.9 Å². The zero-order chi connectivity index (χ0) is 14.1. The maximum atomic E-state index is 12.0. The van der Waals surface area contributed by atoms with Crippen molar-refractivity contribution in [3.8, 4) is 23.8 Å². The van der Waals surface area contributed by atoms with Crippen LogP contribution in [-0.2, 0) is 0 Å². The highest BCUT2D eigenvalue weighted by Gasteiger charge is 2.12. The number of carbonyl (C=O) groups is 1. The minimum Gasteiger partial charge on any atom is -0.497 e. The van der Waals surface area contributed by atoms with Crippen LogP contribution in [0, 0.1) is 12.3 Å². The van der Waals surface area contributed by atoms with Gasteiger partial charge in [0.25, 0.3) is 5.91 Å². The predicted molar refractivity (Wildman–Crippen MR) is 74.6 cm³/mol. The van der Waals surface area contributed by atoms with Crippen LogP contribution in [0.15, 0.2) is 18.2 Å². The summed E-state index contributed by atoms with van der Waals surface area (Å²) in [6.45, 7) is 0.598. The normalized spacial score (nSPS) is 9.53. The largest absolute Gasteiger partial charge is 0.497 e. The molecule has 0 fully saturated rings. The summed E-state index contributed by atoms with van der Waals surface area (Å²) in [6, 6.07) is 5.13. The lowest BCUT2D eigenvalue weighted by Gasteiger charge is -2.10. The maximum absolute atomic E-state index is 12.0. The van der Waals surface area contributed by atoms with Crippen LogP contribution in [0.2, 0.25) is 0 Å². The number of ether oxygens (including phenoxy) is 2. The van der Waals surface area contributed by atoms with Crippen LogP contribution < -0.4 is 14.8 Å². The van der Waals surface area contributed by atoms with E-state index in [0.29, 0.717) is 23.6 Å². The van der Waals surface area contributed by atoms with Crippen LogP contribution in [0.4, 0.5) is 0 Å². The lowest BCUT2D eigenvalue weighted by atomic mass is 10.1. The number of carbonyl (C=O) groups excluding carboxylic acids is 1. The highest BCUT2D eigenvalue weighted by atomic mass is 16.5. The van der Waals surface area contributed by atoms with Crippen molar-refractivity contribution in [1.82, 2.24) is 5.32 Å². The summed E-state index contributed by atoms with van der Waals surface area (Å²) in [5, 5.41) is 2.84. The van der Waals surface area contributed by atoms with Crippen molar-refractivity contribution in [1.29, 1.82) is 0 Å². The van der Waals surface area contributed by atoms with E-state index < -0.39 is 0 Å². The number of rotatable bonds is 7. The number of methoxy groups -OCH3 is 2. The minimum atomic E-state index is -0.170.